The van der Waals surface area contributed by atoms with E-state index in [2.05, 4.69) is 54.0 Å². The fraction of sp³-hybridized carbons (Fsp3) is 0.786. The molecule has 0 amide bonds. The van der Waals surface area contributed by atoms with Gasteiger partial charge in [-0.1, -0.05) is 6.92 Å². The Balaban J connectivity index is 2.45. The number of nitrogens with one attached hydrogen (secondary N) is 1. The Morgan fingerprint density at radius 2 is 2.00 bits per heavy atom. The van der Waals surface area contributed by atoms with Crippen LogP contribution in [-0.4, -0.2) is 21.9 Å². The second-order valence-electron chi connectivity index (χ2n) is 6.24. The van der Waals surface area contributed by atoms with Crippen molar-refractivity contribution in [2.24, 2.45) is 13.0 Å². The molecule has 1 rings (SSSR count). The van der Waals surface area contributed by atoms with E-state index in [-0.39, 0.29) is 5.54 Å². The van der Waals surface area contributed by atoms with Crippen LogP contribution in [-0.2, 0) is 13.5 Å². The fourth-order valence-corrected chi connectivity index (χ4v) is 2.45. The third kappa shape index (κ3) is 4.73. The van der Waals surface area contributed by atoms with Gasteiger partial charge in [-0.3, -0.25) is 4.68 Å². The lowest BCUT2D eigenvalue weighted by molar-refractivity contribution is 0.371. The van der Waals surface area contributed by atoms with Crippen LogP contribution in [0.3, 0.4) is 0 Å². The maximum Gasteiger partial charge on any atom is 0.0738 e. The molecule has 1 aromatic heterocycles. The molecule has 0 aliphatic carbocycles. The highest BCUT2D eigenvalue weighted by Crippen LogP contribution is 2.22. The standard InChI is InChI=1S/C14H26BrN3/c1-10(9-16-14(3,4)5)7-8-12-13(15)11(2)17-18(12)6/h10,16H,7-9H2,1-6H3. The fourth-order valence-electron chi connectivity index (χ4n) is 1.92. The molecule has 0 saturated carbocycles. The van der Waals surface area contributed by atoms with Crippen molar-refractivity contribution in [3.05, 3.63) is 15.9 Å². The van der Waals surface area contributed by atoms with E-state index in [9.17, 15) is 0 Å². The molecule has 0 saturated heterocycles. The number of hydrogen-bond acceptors (Lipinski definition) is 2. The monoisotopic (exact) mass is 315 g/mol. The molecule has 1 N–H and O–H groups in total. The van der Waals surface area contributed by atoms with E-state index in [1.807, 2.05) is 18.7 Å². The van der Waals surface area contributed by atoms with Gasteiger partial charge in [0.25, 0.3) is 0 Å². The number of halogens is 1. The van der Waals surface area contributed by atoms with E-state index < -0.39 is 0 Å². The van der Waals surface area contributed by atoms with Crippen LogP contribution in [0.1, 0.15) is 45.5 Å². The molecule has 1 aromatic rings. The van der Waals surface area contributed by atoms with Crippen LogP contribution < -0.4 is 5.32 Å². The summed E-state index contributed by atoms with van der Waals surface area (Å²) in [7, 11) is 2.02. The molecule has 0 radical (unpaired) electrons. The maximum absolute atomic E-state index is 4.43. The molecule has 0 bridgehead atoms. The number of nitrogens with zero attached hydrogens (tertiary/aromatic N) is 2. The van der Waals surface area contributed by atoms with Gasteiger partial charge in [-0.05, 0) is 68.9 Å². The van der Waals surface area contributed by atoms with Crippen LogP contribution in [0.25, 0.3) is 0 Å². The summed E-state index contributed by atoms with van der Waals surface area (Å²) in [6, 6.07) is 0. The molecular weight excluding hydrogens is 290 g/mol. The summed E-state index contributed by atoms with van der Waals surface area (Å²) in [5.74, 6) is 0.673. The van der Waals surface area contributed by atoms with Crippen LogP contribution in [0.15, 0.2) is 4.47 Å². The quantitative estimate of drug-likeness (QED) is 0.902. The molecule has 0 fully saturated rings. The van der Waals surface area contributed by atoms with E-state index in [1.54, 1.807) is 0 Å². The summed E-state index contributed by atoms with van der Waals surface area (Å²) >= 11 is 3.62. The van der Waals surface area contributed by atoms with Crippen molar-refractivity contribution in [3.8, 4) is 0 Å². The predicted octanol–water partition coefficient (Wildman–Crippen LogP) is 3.45. The van der Waals surface area contributed by atoms with Crippen LogP contribution in [0.2, 0.25) is 0 Å². The summed E-state index contributed by atoms with van der Waals surface area (Å²) in [5, 5.41) is 7.99. The molecule has 1 atom stereocenters. The topological polar surface area (TPSA) is 29.9 Å². The Hall–Kier alpha value is -0.350. The Kier molecular flexibility index (Phi) is 5.41. The van der Waals surface area contributed by atoms with Gasteiger partial charge < -0.3 is 5.32 Å². The molecule has 1 unspecified atom stereocenters. The minimum Gasteiger partial charge on any atom is -0.312 e. The normalized spacial score (nSPS) is 13.9. The van der Waals surface area contributed by atoms with Gasteiger partial charge in [0.05, 0.1) is 15.9 Å². The minimum absolute atomic E-state index is 0.206. The maximum atomic E-state index is 4.43. The van der Waals surface area contributed by atoms with Crippen LogP contribution in [0.4, 0.5) is 0 Å². The molecule has 0 aliphatic heterocycles. The average molecular weight is 316 g/mol. The summed E-state index contributed by atoms with van der Waals surface area (Å²) < 4.78 is 3.16. The first-order valence-corrected chi connectivity index (χ1v) is 7.43. The summed E-state index contributed by atoms with van der Waals surface area (Å²) in [4.78, 5) is 0. The van der Waals surface area contributed by atoms with Gasteiger partial charge in [-0.25, -0.2) is 0 Å². The zero-order valence-electron chi connectivity index (χ0n) is 12.5. The Labute approximate surface area is 119 Å². The van der Waals surface area contributed by atoms with E-state index in [0.717, 1.165) is 18.7 Å². The van der Waals surface area contributed by atoms with E-state index >= 15 is 0 Å². The summed E-state index contributed by atoms with van der Waals surface area (Å²) in [6.07, 6.45) is 2.26. The second-order valence-corrected chi connectivity index (χ2v) is 7.04. The highest BCUT2D eigenvalue weighted by atomic mass is 79.9. The largest absolute Gasteiger partial charge is 0.312 e. The highest BCUT2D eigenvalue weighted by molar-refractivity contribution is 9.10. The first-order chi connectivity index (χ1) is 8.20. The molecule has 3 nitrogen and oxygen atoms in total. The number of aryl methyl sites for hydroxylation is 2. The third-order valence-electron chi connectivity index (χ3n) is 3.12. The first kappa shape index (κ1) is 15.7. The lowest BCUT2D eigenvalue weighted by atomic mass is 10.0. The molecule has 104 valence electrons. The van der Waals surface area contributed by atoms with Crippen molar-refractivity contribution in [2.45, 2.75) is 53.0 Å². The molecule has 4 heteroatoms. The summed E-state index contributed by atoms with van der Waals surface area (Å²) in [6.45, 7) is 12.0. The van der Waals surface area contributed by atoms with E-state index in [0.29, 0.717) is 5.92 Å². The van der Waals surface area contributed by atoms with Crippen LogP contribution in [0, 0.1) is 12.8 Å². The zero-order valence-corrected chi connectivity index (χ0v) is 14.1. The molecule has 0 aromatic carbocycles. The van der Waals surface area contributed by atoms with Crippen molar-refractivity contribution < 1.29 is 0 Å². The van der Waals surface area contributed by atoms with Crippen molar-refractivity contribution in [3.63, 3.8) is 0 Å². The van der Waals surface area contributed by atoms with Gasteiger partial charge in [0.2, 0.25) is 0 Å². The molecule has 0 aliphatic rings. The van der Waals surface area contributed by atoms with Gasteiger partial charge >= 0.3 is 0 Å². The molecule has 0 spiro atoms. The van der Waals surface area contributed by atoms with Gasteiger partial charge in [0.1, 0.15) is 0 Å². The smallest absolute Gasteiger partial charge is 0.0738 e. The van der Waals surface area contributed by atoms with Crippen molar-refractivity contribution >= 4 is 15.9 Å². The molecule has 18 heavy (non-hydrogen) atoms. The number of aromatic nitrogens is 2. The summed E-state index contributed by atoms with van der Waals surface area (Å²) in [5.41, 5.74) is 2.58. The van der Waals surface area contributed by atoms with E-state index in [4.69, 9.17) is 0 Å². The Bertz CT molecular complexity index is 390. The first-order valence-electron chi connectivity index (χ1n) is 6.63. The molecule has 1 heterocycles. The second kappa shape index (κ2) is 6.20. The van der Waals surface area contributed by atoms with Crippen molar-refractivity contribution in [1.29, 1.82) is 0 Å². The minimum atomic E-state index is 0.206. The van der Waals surface area contributed by atoms with Crippen molar-refractivity contribution in [2.75, 3.05) is 6.54 Å². The Morgan fingerprint density at radius 3 is 2.44 bits per heavy atom. The van der Waals surface area contributed by atoms with Crippen LogP contribution >= 0.6 is 15.9 Å². The van der Waals surface area contributed by atoms with E-state index in [1.165, 1.54) is 16.6 Å². The molecular formula is C14H26BrN3. The third-order valence-corrected chi connectivity index (χ3v) is 4.15. The van der Waals surface area contributed by atoms with Gasteiger partial charge in [0, 0.05) is 12.6 Å². The lowest BCUT2D eigenvalue weighted by Crippen LogP contribution is -2.38. The van der Waals surface area contributed by atoms with Crippen molar-refractivity contribution in [1.82, 2.24) is 15.1 Å². The lowest BCUT2D eigenvalue weighted by Gasteiger charge is -2.23. The van der Waals surface area contributed by atoms with Crippen LogP contribution in [0.5, 0.6) is 0 Å². The zero-order chi connectivity index (χ0) is 13.9. The highest BCUT2D eigenvalue weighted by Gasteiger charge is 2.14. The van der Waals surface area contributed by atoms with Gasteiger partial charge in [-0.15, -0.1) is 0 Å². The Morgan fingerprint density at radius 1 is 1.39 bits per heavy atom. The predicted molar refractivity (Wildman–Crippen MR) is 80.9 cm³/mol. The average Bonchev–Trinajstić information content (AvgIpc) is 2.47. The number of rotatable bonds is 5. The van der Waals surface area contributed by atoms with Gasteiger partial charge in [0.15, 0.2) is 0 Å². The number of hydrogen-bond donors (Lipinski definition) is 1. The van der Waals surface area contributed by atoms with Gasteiger partial charge in [-0.2, -0.15) is 5.10 Å². The SMILES string of the molecule is Cc1nn(C)c(CCC(C)CNC(C)(C)C)c1Br.